The quantitative estimate of drug-likeness (QED) is 0.395. The lowest BCUT2D eigenvalue weighted by molar-refractivity contribution is -0.209. The molecule has 0 amide bonds. The summed E-state index contributed by atoms with van der Waals surface area (Å²) in [5, 5.41) is 0. The van der Waals surface area contributed by atoms with E-state index in [0.29, 0.717) is 6.08 Å². The second kappa shape index (κ2) is 7.32. The summed E-state index contributed by atoms with van der Waals surface area (Å²) in [4.78, 5) is 32.2. The van der Waals surface area contributed by atoms with E-state index in [2.05, 4.69) is 19.9 Å². The van der Waals surface area contributed by atoms with Crippen molar-refractivity contribution in [1.82, 2.24) is 0 Å². The van der Waals surface area contributed by atoms with E-state index in [1.165, 1.54) is 0 Å². The molecule has 0 atom stereocenters. The minimum Gasteiger partial charge on any atom is -0.448 e. The Labute approximate surface area is 132 Å². The Hall–Kier alpha value is -2.26. The van der Waals surface area contributed by atoms with Gasteiger partial charge in [0.1, 0.15) is 0 Å². The van der Waals surface area contributed by atoms with E-state index in [4.69, 9.17) is 0 Å². The van der Waals surface area contributed by atoms with Crippen LogP contribution >= 0.6 is 0 Å². The van der Waals surface area contributed by atoms with Crippen LogP contribution < -0.4 is 0 Å². The molecule has 0 bridgehead atoms. The van der Waals surface area contributed by atoms with Gasteiger partial charge in [0.15, 0.2) is 0 Å². The summed E-state index contributed by atoms with van der Waals surface area (Å²) in [7, 11) is -6.14. The van der Waals surface area contributed by atoms with Crippen LogP contribution in [-0.2, 0) is 27.7 Å². The first-order valence-corrected chi connectivity index (χ1v) is 7.39. The Bertz CT molecular complexity index is 480. The molecule has 0 aliphatic heterocycles. The maximum Gasteiger partial charge on any atom is 0.709 e. The summed E-state index contributed by atoms with van der Waals surface area (Å²) in [5.41, 5.74) is 0. The molecule has 0 saturated heterocycles. The number of hydrogen-bond acceptors (Lipinski definition) is 6. The third-order valence-electron chi connectivity index (χ3n) is 1.83. The average Bonchev–Trinajstić information content (AvgIpc) is 2.35. The highest BCUT2D eigenvalue weighted by atomic mass is 28.4. The van der Waals surface area contributed by atoms with Gasteiger partial charge in [-0.25, -0.2) is 14.4 Å². The van der Waals surface area contributed by atoms with Crippen molar-refractivity contribution in [1.29, 1.82) is 0 Å². The predicted molar refractivity (Wildman–Crippen MR) is 57.2 cm³/mol. The topological polar surface area (TPSA) is 78.9 Å². The second-order valence-corrected chi connectivity index (χ2v) is 6.22. The maximum absolute atomic E-state index is 12.2. The fourth-order valence-electron chi connectivity index (χ4n) is 0.962. The Morgan fingerprint density at radius 2 is 0.960 bits per heavy atom. The van der Waals surface area contributed by atoms with Crippen LogP contribution in [0.1, 0.15) is 0 Å². The second-order valence-electron chi connectivity index (χ2n) is 3.84. The molecule has 0 aromatic heterocycles. The van der Waals surface area contributed by atoms with Crippen LogP contribution in [0.2, 0.25) is 6.04 Å². The predicted octanol–water partition coefficient (Wildman–Crippen LogP) is 2.43. The van der Waals surface area contributed by atoms with Crippen LogP contribution in [0.4, 0.5) is 39.5 Å². The average molecular weight is 408 g/mol. The van der Waals surface area contributed by atoms with E-state index >= 15 is 0 Å². The van der Waals surface area contributed by atoms with Crippen LogP contribution in [0, 0.1) is 0 Å². The van der Waals surface area contributed by atoms with Crippen LogP contribution in [0.5, 0.6) is 0 Å². The number of carbonyl (C=O) groups excluding carboxylic acids is 3. The van der Waals surface area contributed by atoms with Crippen molar-refractivity contribution >= 4 is 26.7 Å². The van der Waals surface area contributed by atoms with Crippen molar-refractivity contribution in [2.24, 2.45) is 0 Å². The minimum absolute atomic E-state index is 0.323. The summed E-state index contributed by atoms with van der Waals surface area (Å²) >= 11 is 0. The first-order valence-electron chi connectivity index (χ1n) is 5.46. The molecule has 0 spiro atoms. The first-order chi connectivity index (χ1) is 10.9. The van der Waals surface area contributed by atoms with Crippen LogP contribution in [0.25, 0.3) is 0 Å². The molecule has 16 heteroatoms. The molecule has 0 aliphatic rings. The molecule has 0 aromatic carbocycles. The van der Waals surface area contributed by atoms with Gasteiger partial charge in [-0.15, -0.1) is 6.58 Å². The maximum atomic E-state index is 12.2. The van der Waals surface area contributed by atoms with Crippen molar-refractivity contribution in [2.45, 2.75) is 24.6 Å². The van der Waals surface area contributed by atoms with Crippen molar-refractivity contribution in [3.63, 3.8) is 0 Å². The number of hydrogen-bond donors (Lipinski definition) is 0. The molecule has 0 rings (SSSR count). The number of halogens is 9. The van der Waals surface area contributed by atoms with Gasteiger partial charge in [-0.1, -0.05) is 6.08 Å². The molecular weight excluding hydrogens is 403 g/mol. The van der Waals surface area contributed by atoms with E-state index in [1.807, 2.05) is 0 Å². The molecule has 0 aromatic rings. The van der Waals surface area contributed by atoms with Gasteiger partial charge in [0.2, 0.25) is 0 Å². The number of carbonyl (C=O) groups is 3. The smallest absolute Gasteiger partial charge is 0.448 e. The Morgan fingerprint density at radius 3 is 1.12 bits per heavy atom. The molecule has 6 nitrogen and oxygen atoms in total. The monoisotopic (exact) mass is 408 g/mol. The minimum atomic E-state index is -6.14. The zero-order chi connectivity index (χ0) is 20.3. The lowest BCUT2D eigenvalue weighted by Crippen LogP contribution is -2.55. The third kappa shape index (κ3) is 7.02. The van der Waals surface area contributed by atoms with Crippen LogP contribution in [-0.4, -0.2) is 45.2 Å². The number of allylic oxidation sites excluding steroid dienone is 1. The fraction of sp³-hybridized carbons (Fsp3) is 0.444. The molecule has 0 heterocycles. The van der Waals surface area contributed by atoms with E-state index < -0.39 is 51.3 Å². The highest BCUT2D eigenvalue weighted by molar-refractivity contribution is 6.66. The van der Waals surface area contributed by atoms with Gasteiger partial charge in [0.25, 0.3) is 0 Å². The molecule has 144 valence electrons. The fourth-order valence-corrected chi connectivity index (χ4v) is 2.88. The summed E-state index contributed by atoms with van der Waals surface area (Å²) in [6, 6.07) is -1.54. The number of alkyl halides is 9. The largest absolute Gasteiger partial charge is 0.709 e. The standard InChI is InChI=1S/C9H5F9O6Si/c1-2-3-25(22-4(19)7(10,11)12,23-5(20)8(13,14)15)24-6(21)9(16,17)18/h2H,1,3H2. The molecule has 25 heavy (non-hydrogen) atoms. The lowest BCUT2D eigenvalue weighted by atomic mass is 10.7. The Morgan fingerprint density at radius 1 is 0.720 bits per heavy atom. The molecule has 0 fully saturated rings. The van der Waals surface area contributed by atoms with Gasteiger partial charge in [0, 0.05) is 0 Å². The van der Waals surface area contributed by atoms with E-state index in [1.54, 1.807) is 0 Å². The Kier molecular flexibility index (Phi) is 6.66. The van der Waals surface area contributed by atoms with Crippen molar-refractivity contribution in [3.8, 4) is 0 Å². The summed E-state index contributed by atoms with van der Waals surface area (Å²) in [6.45, 7) is 2.77. The zero-order valence-electron chi connectivity index (χ0n) is 11.3. The highest BCUT2D eigenvalue weighted by Gasteiger charge is 2.62. The zero-order valence-corrected chi connectivity index (χ0v) is 12.3. The van der Waals surface area contributed by atoms with E-state index in [9.17, 15) is 53.9 Å². The van der Waals surface area contributed by atoms with Gasteiger partial charge in [0.05, 0.1) is 6.04 Å². The molecule has 0 N–H and O–H groups in total. The van der Waals surface area contributed by atoms with Crippen LogP contribution in [0.15, 0.2) is 12.7 Å². The van der Waals surface area contributed by atoms with Gasteiger partial charge in [-0.2, -0.15) is 39.5 Å². The molecule has 0 unspecified atom stereocenters. The van der Waals surface area contributed by atoms with Gasteiger partial charge in [-0.05, 0) is 0 Å². The molecule has 0 aliphatic carbocycles. The normalized spacial score (nSPS) is 13.0. The first kappa shape index (κ1) is 22.7. The highest BCUT2D eigenvalue weighted by Crippen LogP contribution is 2.29. The third-order valence-corrected chi connectivity index (χ3v) is 4.11. The van der Waals surface area contributed by atoms with Crippen molar-refractivity contribution < 1.29 is 67.2 Å². The van der Waals surface area contributed by atoms with Gasteiger partial charge in [-0.3, -0.25) is 0 Å². The van der Waals surface area contributed by atoms with Crippen molar-refractivity contribution in [2.75, 3.05) is 0 Å². The summed E-state index contributed by atoms with van der Waals surface area (Å²) in [6.07, 6.45) is -17.4. The summed E-state index contributed by atoms with van der Waals surface area (Å²) in [5.74, 6) is -10.0. The van der Waals surface area contributed by atoms with Crippen molar-refractivity contribution in [3.05, 3.63) is 12.7 Å². The number of rotatable bonds is 5. The van der Waals surface area contributed by atoms with Gasteiger partial charge >= 0.3 is 45.2 Å². The molecule has 0 saturated carbocycles. The lowest BCUT2D eigenvalue weighted by Gasteiger charge is -2.27. The SMILES string of the molecule is C=CC[Si](OC(=O)C(F)(F)F)(OC(=O)C(F)(F)F)OC(=O)C(F)(F)F. The molecule has 0 radical (unpaired) electrons. The molecular formula is C9H5F9O6Si. The van der Waals surface area contributed by atoms with Gasteiger partial charge < -0.3 is 13.3 Å². The van der Waals surface area contributed by atoms with Crippen LogP contribution in [0.3, 0.4) is 0 Å². The van der Waals surface area contributed by atoms with E-state index in [-0.39, 0.29) is 0 Å². The summed E-state index contributed by atoms with van der Waals surface area (Å²) < 4.78 is 120. The Balaban J connectivity index is 5.92. The van der Waals surface area contributed by atoms with E-state index in [0.717, 1.165) is 0 Å².